The molecule has 116 valence electrons. The van der Waals surface area contributed by atoms with Crippen LogP contribution >= 0.6 is 0 Å². The average molecular weight is 290 g/mol. The Bertz CT molecular complexity index is 507. The van der Waals surface area contributed by atoms with Crippen LogP contribution in [0.4, 0.5) is 4.79 Å². The Morgan fingerprint density at radius 3 is 2.52 bits per heavy atom. The predicted molar refractivity (Wildman–Crippen MR) is 84.4 cm³/mol. The van der Waals surface area contributed by atoms with Gasteiger partial charge in [-0.05, 0) is 30.9 Å². The van der Waals surface area contributed by atoms with Gasteiger partial charge in [-0.1, -0.05) is 38.1 Å². The molecule has 0 unspecified atom stereocenters. The molecule has 3 N–H and O–H groups in total. The van der Waals surface area contributed by atoms with Crippen LogP contribution < -0.4 is 10.6 Å². The van der Waals surface area contributed by atoms with Crippen molar-refractivity contribution in [1.82, 2.24) is 10.6 Å². The van der Waals surface area contributed by atoms with Crippen molar-refractivity contribution in [2.24, 2.45) is 5.41 Å². The van der Waals surface area contributed by atoms with Crippen molar-refractivity contribution >= 4 is 6.03 Å². The van der Waals surface area contributed by atoms with Gasteiger partial charge in [-0.25, -0.2) is 4.79 Å². The van der Waals surface area contributed by atoms with Gasteiger partial charge in [-0.2, -0.15) is 0 Å². The maximum Gasteiger partial charge on any atom is 0.314 e. The van der Waals surface area contributed by atoms with Gasteiger partial charge >= 0.3 is 6.03 Å². The lowest BCUT2D eigenvalue weighted by Crippen LogP contribution is -2.44. The molecule has 0 atom stereocenters. The van der Waals surface area contributed by atoms with Gasteiger partial charge in [0.15, 0.2) is 0 Å². The highest BCUT2D eigenvalue weighted by atomic mass is 16.3. The third-order valence-corrected chi connectivity index (χ3v) is 4.48. The second kappa shape index (κ2) is 6.06. The molecule has 1 aliphatic carbocycles. The van der Waals surface area contributed by atoms with E-state index in [-0.39, 0.29) is 23.5 Å². The summed E-state index contributed by atoms with van der Waals surface area (Å²) in [5.74, 6) is 0. The van der Waals surface area contributed by atoms with Gasteiger partial charge in [0.05, 0.1) is 6.61 Å². The summed E-state index contributed by atoms with van der Waals surface area (Å²) >= 11 is 0. The molecule has 0 aliphatic heterocycles. The third-order valence-electron chi connectivity index (χ3n) is 4.48. The fraction of sp³-hybridized carbons (Fsp3) is 0.588. The molecule has 1 fully saturated rings. The van der Waals surface area contributed by atoms with Crippen LogP contribution in [-0.4, -0.2) is 30.8 Å². The highest BCUT2D eigenvalue weighted by Crippen LogP contribution is 2.44. The fourth-order valence-corrected chi connectivity index (χ4v) is 2.63. The van der Waals surface area contributed by atoms with Crippen LogP contribution in [0.2, 0.25) is 0 Å². The van der Waals surface area contributed by atoms with E-state index in [4.69, 9.17) is 0 Å². The first-order valence-corrected chi connectivity index (χ1v) is 7.57. The Morgan fingerprint density at radius 2 is 1.95 bits per heavy atom. The molecule has 4 heteroatoms. The van der Waals surface area contributed by atoms with Crippen molar-refractivity contribution < 1.29 is 9.90 Å². The lowest BCUT2D eigenvalue weighted by molar-refractivity contribution is 0.202. The molecular weight excluding hydrogens is 264 g/mol. The molecule has 0 bridgehead atoms. The van der Waals surface area contributed by atoms with Crippen molar-refractivity contribution in [3.63, 3.8) is 0 Å². The summed E-state index contributed by atoms with van der Waals surface area (Å²) in [6.45, 7) is 7.64. The smallest absolute Gasteiger partial charge is 0.314 e. The minimum atomic E-state index is -0.156. The Labute approximate surface area is 126 Å². The van der Waals surface area contributed by atoms with Gasteiger partial charge in [-0.3, -0.25) is 0 Å². The quantitative estimate of drug-likeness (QED) is 0.753. The first-order valence-electron chi connectivity index (χ1n) is 7.57. The number of aryl methyl sites for hydroxylation is 1. The summed E-state index contributed by atoms with van der Waals surface area (Å²) in [7, 11) is 0. The Balaban J connectivity index is 1.84. The number of aliphatic hydroxyl groups excluding tert-OH is 1. The number of aliphatic hydroxyl groups is 1. The summed E-state index contributed by atoms with van der Waals surface area (Å²) in [6, 6.07) is 8.10. The number of hydrogen-bond acceptors (Lipinski definition) is 2. The monoisotopic (exact) mass is 290 g/mol. The summed E-state index contributed by atoms with van der Waals surface area (Å²) in [5, 5.41) is 15.0. The summed E-state index contributed by atoms with van der Waals surface area (Å²) < 4.78 is 0. The molecule has 0 heterocycles. The number of benzene rings is 1. The Morgan fingerprint density at radius 1 is 1.29 bits per heavy atom. The van der Waals surface area contributed by atoms with Crippen molar-refractivity contribution in [2.45, 2.75) is 39.0 Å². The Kier molecular flexibility index (Phi) is 4.57. The normalized spacial score (nSPS) is 16.4. The second-order valence-electron chi connectivity index (χ2n) is 6.89. The van der Waals surface area contributed by atoms with Crippen LogP contribution in [0, 0.1) is 12.3 Å². The van der Waals surface area contributed by atoms with E-state index in [1.165, 1.54) is 11.1 Å². The minimum Gasteiger partial charge on any atom is -0.396 e. The van der Waals surface area contributed by atoms with Crippen molar-refractivity contribution in [3.8, 4) is 0 Å². The van der Waals surface area contributed by atoms with Gasteiger partial charge in [0.2, 0.25) is 0 Å². The van der Waals surface area contributed by atoms with E-state index < -0.39 is 0 Å². The molecule has 0 spiro atoms. The maximum absolute atomic E-state index is 11.9. The molecule has 1 aromatic rings. The fourth-order valence-electron chi connectivity index (χ4n) is 2.63. The minimum absolute atomic E-state index is 0.0527. The molecule has 0 radical (unpaired) electrons. The predicted octanol–water partition coefficient (Wildman–Crippen LogP) is 2.34. The van der Waals surface area contributed by atoms with Crippen LogP contribution in [-0.2, 0) is 5.41 Å². The summed E-state index contributed by atoms with van der Waals surface area (Å²) in [6.07, 6.45) is 2.00. The van der Waals surface area contributed by atoms with E-state index in [1.807, 2.05) is 12.1 Å². The number of rotatable bonds is 6. The molecule has 21 heavy (non-hydrogen) atoms. The van der Waals surface area contributed by atoms with Crippen LogP contribution in [0.3, 0.4) is 0 Å². The average Bonchev–Trinajstić information content (AvgIpc) is 3.24. The Hall–Kier alpha value is -1.55. The highest BCUT2D eigenvalue weighted by molar-refractivity contribution is 5.74. The van der Waals surface area contributed by atoms with Crippen LogP contribution in [0.1, 0.15) is 37.8 Å². The summed E-state index contributed by atoms with van der Waals surface area (Å²) in [4.78, 5) is 11.9. The molecule has 0 aromatic heterocycles. The van der Waals surface area contributed by atoms with Gasteiger partial charge < -0.3 is 15.7 Å². The number of carbonyl (C=O) groups excluding carboxylic acids is 1. The third kappa shape index (κ3) is 3.97. The molecule has 2 rings (SSSR count). The topological polar surface area (TPSA) is 61.4 Å². The van der Waals surface area contributed by atoms with Gasteiger partial charge in [-0.15, -0.1) is 0 Å². The zero-order chi connectivity index (χ0) is 15.5. The number of carbonyl (C=O) groups is 1. The number of hydrogen-bond donors (Lipinski definition) is 3. The van der Waals surface area contributed by atoms with E-state index in [0.29, 0.717) is 13.1 Å². The number of amides is 2. The maximum atomic E-state index is 11.9. The van der Waals surface area contributed by atoms with Gasteiger partial charge in [0, 0.05) is 23.9 Å². The van der Waals surface area contributed by atoms with Crippen LogP contribution in [0.15, 0.2) is 24.3 Å². The first kappa shape index (κ1) is 15.8. The molecule has 4 nitrogen and oxygen atoms in total. The lowest BCUT2D eigenvalue weighted by atomic mass is 9.82. The second-order valence-corrected chi connectivity index (χ2v) is 6.89. The molecular formula is C17H26N2O2. The van der Waals surface area contributed by atoms with E-state index >= 15 is 0 Å². The van der Waals surface area contributed by atoms with E-state index in [2.05, 4.69) is 43.5 Å². The van der Waals surface area contributed by atoms with Crippen molar-refractivity contribution in [1.29, 1.82) is 0 Å². The molecule has 1 aromatic carbocycles. The van der Waals surface area contributed by atoms with Crippen LogP contribution in [0.5, 0.6) is 0 Å². The first-order chi connectivity index (χ1) is 9.88. The SMILES string of the molecule is Cc1ccccc1C(C)(C)CNC(=O)NCC1(CO)CC1. The molecule has 2 amide bonds. The lowest BCUT2D eigenvalue weighted by Gasteiger charge is -2.27. The summed E-state index contributed by atoms with van der Waals surface area (Å²) in [5.41, 5.74) is 2.32. The standard InChI is InChI=1S/C17H26N2O2/c1-13-6-4-5-7-14(13)16(2,3)10-18-15(21)19-11-17(12-20)8-9-17/h4-7,20H,8-12H2,1-3H3,(H2,18,19,21). The van der Waals surface area contributed by atoms with Gasteiger partial charge in [0.1, 0.15) is 0 Å². The van der Waals surface area contributed by atoms with E-state index in [0.717, 1.165) is 12.8 Å². The molecule has 1 aliphatic rings. The van der Waals surface area contributed by atoms with Gasteiger partial charge in [0.25, 0.3) is 0 Å². The number of nitrogens with one attached hydrogen (secondary N) is 2. The van der Waals surface area contributed by atoms with Crippen LogP contribution in [0.25, 0.3) is 0 Å². The highest BCUT2D eigenvalue weighted by Gasteiger charge is 2.42. The number of urea groups is 1. The van der Waals surface area contributed by atoms with Crippen molar-refractivity contribution in [2.75, 3.05) is 19.7 Å². The largest absolute Gasteiger partial charge is 0.396 e. The molecule has 0 saturated heterocycles. The van der Waals surface area contributed by atoms with Crippen molar-refractivity contribution in [3.05, 3.63) is 35.4 Å². The van der Waals surface area contributed by atoms with E-state index in [9.17, 15) is 9.90 Å². The zero-order valence-electron chi connectivity index (χ0n) is 13.2. The zero-order valence-corrected chi connectivity index (χ0v) is 13.2. The van der Waals surface area contributed by atoms with E-state index in [1.54, 1.807) is 0 Å². The molecule has 1 saturated carbocycles.